The molecule has 7 nitrogen and oxygen atoms in total. The second kappa shape index (κ2) is 8.08. The smallest absolute Gasteiger partial charge is 0.270 e. The Hall–Kier alpha value is -2.77. The Morgan fingerprint density at radius 1 is 1.25 bits per heavy atom. The van der Waals surface area contributed by atoms with Crippen molar-refractivity contribution in [2.24, 2.45) is 0 Å². The standard InChI is InChI=1S/C20H20ClN5O2/c1-13-17(15-8-9-22-10-15)11-23-26(20(13)27)12-19-24-18(25-28-19)7-4-14-2-5-16(21)6-3-14/h2-3,5-6,8,11,22H,4,7,9-10,12H2,1H3. The largest absolute Gasteiger partial charge is 0.337 e. The number of aryl methyl sites for hydroxylation is 2. The molecule has 28 heavy (non-hydrogen) atoms. The summed E-state index contributed by atoms with van der Waals surface area (Å²) >= 11 is 5.90. The van der Waals surface area contributed by atoms with Crippen LogP contribution in [0.5, 0.6) is 0 Å². The molecule has 0 amide bonds. The molecule has 144 valence electrons. The molecular formula is C20H20ClN5O2. The third-order valence-electron chi connectivity index (χ3n) is 4.79. The van der Waals surface area contributed by atoms with Gasteiger partial charge in [-0.2, -0.15) is 10.1 Å². The Morgan fingerprint density at radius 3 is 2.82 bits per heavy atom. The van der Waals surface area contributed by atoms with Crippen LogP contribution in [0.2, 0.25) is 5.02 Å². The van der Waals surface area contributed by atoms with Gasteiger partial charge in [0.05, 0.1) is 6.20 Å². The number of nitrogens with one attached hydrogen (secondary N) is 1. The number of hydrogen-bond acceptors (Lipinski definition) is 6. The lowest BCUT2D eigenvalue weighted by molar-refractivity contribution is 0.358. The van der Waals surface area contributed by atoms with Crippen LogP contribution in [0.25, 0.3) is 5.57 Å². The summed E-state index contributed by atoms with van der Waals surface area (Å²) < 4.78 is 6.66. The van der Waals surface area contributed by atoms with Crippen molar-refractivity contribution < 1.29 is 4.52 Å². The number of aromatic nitrogens is 4. The van der Waals surface area contributed by atoms with E-state index < -0.39 is 0 Å². The highest BCUT2D eigenvalue weighted by molar-refractivity contribution is 6.30. The Kier molecular flexibility index (Phi) is 5.36. The molecule has 1 aliphatic heterocycles. The van der Waals surface area contributed by atoms with E-state index >= 15 is 0 Å². The predicted octanol–water partition coefficient (Wildman–Crippen LogP) is 2.41. The van der Waals surface area contributed by atoms with Crippen LogP contribution in [0.1, 0.15) is 28.4 Å². The van der Waals surface area contributed by atoms with Crippen LogP contribution in [0.3, 0.4) is 0 Å². The first-order valence-electron chi connectivity index (χ1n) is 9.13. The van der Waals surface area contributed by atoms with Gasteiger partial charge in [0.25, 0.3) is 5.56 Å². The fraction of sp³-hybridized carbons (Fsp3) is 0.300. The minimum Gasteiger partial charge on any atom is -0.337 e. The molecule has 3 aromatic rings. The Bertz CT molecular complexity index is 1070. The molecule has 1 aliphatic rings. The number of hydrogen-bond donors (Lipinski definition) is 1. The van der Waals surface area contributed by atoms with Crippen molar-refractivity contribution >= 4 is 17.2 Å². The topological polar surface area (TPSA) is 85.8 Å². The normalized spacial score (nSPS) is 13.7. The minimum atomic E-state index is -0.147. The molecule has 1 N–H and O–H groups in total. The summed E-state index contributed by atoms with van der Waals surface area (Å²) in [4.78, 5) is 17.0. The summed E-state index contributed by atoms with van der Waals surface area (Å²) in [6, 6.07) is 7.68. The molecule has 0 saturated carbocycles. The lowest BCUT2D eigenvalue weighted by Gasteiger charge is -2.08. The SMILES string of the molecule is Cc1c(C2=CCNC2)cnn(Cc2nc(CCc3ccc(Cl)cc3)no2)c1=O. The van der Waals surface area contributed by atoms with E-state index in [1.807, 2.05) is 31.2 Å². The van der Waals surface area contributed by atoms with Crippen LogP contribution in [0.15, 0.2) is 45.9 Å². The average molecular weight is 398 g/mol. The third kappa shape index (κ3) is 4.05. The second-order valence-electron chi connectivity index (χ2n) is 6.74. The van der Waals surface area contributed by atoms with Gasteiger partial charge in [-0.25, -0.2) is 4.68 Å². The summed E-state index contributed by atoms with van der Waals surface area (Å²) in [7, 11) is 0. The van der Waals surface area contributed by atoms with Gasteiger partial charge in [-0.15, -0.1) is 0 Å². The Balaban J connectivity index is 1.44. The molecule has 2 aromatic heterocycles. The highest BCUT2D eigenvalue weighted by Gasteiger charge is 2.15. The highest BCUT2D eigenvalue weighted by atomic mass is 35.5. The van der Waals surface area contributed by atoms with Crippen LogP contribution in [-0.2, 0) is 19.4 Å². The fourth-order valence-electron chi connectivity index (χ4n) is 3.19. The number of halogens is 1. The van der Waals surface area contributed by atoms with E-state index in [4.69, 9.17) is 16.1 Å². The molecule has 3 heterocycles. The molecule has 0 atom stereocenters. The average Bonchev–Trinajstić information content (AvgIpc) is 3.37. The van der Waals surface area contributed by atoms with Gasteiger partial charge >= 0.3 is 0 Å². The van der Waals surface area contributed by atoms with E-state index in [2.05, 4.69) is 26.6 Å². The molecule has 0 aliphatic carbocycles. The van der Waals surface area contributed by atoms with E-state index in [0.29, 0.717) is 28.7 Å². The van der Waals surface area contributed by atoms with E-state index in [1.54, 1.807) is 6.20 Å². The molecule has 0 radical (unpaired) electrons. The first-order valence-corrected chi connectivity index (χ1v) is 9.50. The summed E-state index contributed by atoms with van der Waals surface area (Å²) in [5.41, 5.74) is 3.67. The van der Waals surface area contributed by atoms with Gasteiger partial charge in [0, 0.05) is 35.7 Å². The first-order chi connectivity index (χ1) is 13.6. The molecular weight excluding hydrogens is 378 g/mol. The van der Waals surface area contributed by atoms with Crippen LogP contribution >= 0.6 is 11.6 Å². The van der Waals surface area contributed by atoms with Gasteiger partial charge < -0.3 is 9.84 Å². The molecule has 0 bridgehead atoms. The van der Waals surface area contributed by atoms with Gasteiger partial charge in [0.2, 0.25) is 5.89 Å². The lowest BCUT2D eigenvalue weighted by atomic mass is 10.1. The number of nitrogens with zero attached hydrogens (tertiary/aromatic N) is 4. The van der Waals surface area contributed by atoms with Crippen LogP contribution in [0.4, 0.5) is 0 Å². The van der Waals surface area contributed by atoms with Crippen molar-refractivity contribution in [3.05, 3.63) is 80.3 Å². The molecule has 0 spiro atoms. The van der Waals surface area contributed by atoms with Crippen LogP contribution in [-0.4, -0.2) is 33.0 Å². The zero-order chi connectivity index (χ0) is 19.5. The van der Waals surface area contributed by atoms with E-state index in [1.165, 1.54) is 4.68 Å². The van der Waals surface area contributed by atoms with Crippen molar-refractivity contribution in [1.82, 2.24) is 25.2 Å². The first kappa shape index (κ1) is 18.6. The van der Waals surface area contributed by atoms with Gasteiger partial charge in [-0.3, -0.25) is 4.79 Å². The highest BCUT2D eigenvalue weighted by Crippen LogP contribution is 2.17. The van der Waals surface area contributed by atoms with Gasteiger partial charge in [-0.1, -0.05) is 35.0 Å². The van der Waals surface area contributed by atoms with Crippen LogP contribution in [0, 0.1) is 6.92 Å². The molecule has 8 heteroatoms. The quantitative estimate of drug-likeness (QED) is 0.687. The van der Waals surface area contributed by atoms with E-state index in [-0.39, 0.29) is 12.1 Å². The Labute approximate surface area is 167 Å². The predicted molar refractivity (Wildman–Crippen MR) is 106 cm³/mol. The maximum absolute atomic E-state index is 12.6. The number of benzene rings is 1. The second-order valence-corrected chi connectivity index (χ2v) is 7.17. The lowest BCUT2D eigenvalue weighted by Crippen LogP contribution is -2.27. The molecule has 4 rings (SSSR count). The molecule has 1 aromatic carbocycles. The fourth-order valence-corrected chi connectivity index (χ4v) is 3.32. The van der Waals surface area contributed by atoms with Gasteiger partial charge in [0.1, 0.15) is 6.54 Å². The van der Waals surface area contributed by atoms with Crippen molar-refractivity contribution in [3.8, 4) is 0 Å². The van der Waals surface area contributed by atoms with Crippen molar-refractivity contribution in [1.29, 1.82) is 0 Å². The molecule has 0 saturated heterocycles. The minimum absolute atomic E-state index is 0.147. The molecule has 0 unspecified atom stereocenters. The van der Waals surface area contributed by atoms with Crippen LogP contribution < -0.4 is 10.9 Å². The zero-order valence-corrected chi connectivity index (χ0v) is 16.2. The van der Waals surface area contributed by atoms with Gasteiger partial charge in [-0.05, 0) is 36.6 Å². The summed E-state index contributed by atoms with van der Waals surface area (Å²) in [5, 5.41) is 12.2. The number of rotatable bonds is 6. The zero-order valence-electron chi connectivity index (χ0n) is 15.5. The summed E-state index contributed by atoms with van der Waals surface area (Å²) in [6.45, 7) is 3.55. The summed E-state index contributed by atoms with van der Waals surface area (Å²) in [6.07, 6.45) is 5.24. The third-order valence-corrected chi connectivity index (χ3v) is 5.04. The van der Waals surface area contributed by atoms with Crippen molar-refractivity contribution in [3.63, 3.8) is 0 Å². The van der Waals surface area contributed by atoms with E-state index in [0.717, 1.165) is 36.2 Å². The van der Waals surface area contributed by atoms with Gasteiger partial charge in [0.15, 0.2) is 5.82 Å². The van der Waals surface area contributed by atoms with Crippen molar-refractivity contribution in [2.75, 3.05) is 13.1 Å². The van der Waals surface area contributed by atoms with Crippen molar-refractivity contribution in [2.45, 2.75) is 26.3 Å². The maximum atomic E-state index is 12.6. The monoisotopic (exact) mass is 397 g/mol. The van der Waals surface area contributed by atoms with E-state index in [9.17, 15) is 4.79 Å². The Morgan fingerprint density at radius 2 is 2.07 bits per heavy atom. The summed E-state index contributed by atoms with van der Waals surface area (Å²) in [5.74, 6) is 0.975. The molecule has 0 fully saturated rings. The maximum Gasteiger partial charge on any atom is 0.270 e.